The fourth-order valence-electron chi connectivity index (χ4n) is 4.00. The molecule has 2 aliphatic rings. The second-order valence-corrected chi connectivity index (χ2v) is 7.96. The van der Waals surface area contributed by atoms with Crippen LogP contribution in [-0.4, -0.2) is 66.5 Å². The lowest BCUT2D eigenvalue weighted by atomic mass is 10.0. The van der Waals surface area contributed by atoms with E-state index in [2.05, 4.69) is 20.6 Å². The van der Waals surface area contributed by atoms with Crippen LogP contribution >= 0.6 is 24.8 Å². The Morgan fingerprint density at radius 2 is 1.83 bits per heavy atom. The largest absolute Gasteiger partial charge is 0.448 e. The van der Waals surface area contributed by atoms with Crippen LogP contribution in [0, 0.1) is 0 Å². The van der Waals surface area contributed by atoms with Gasteiger partial charge in [-0.1, -0.05) is 0 Å². The number of benzene rings is 1. The van der Waals surface area contributed by atoms with Gasteiger partial charge in [-0.15, -0.1) is 29.9 Å². The van der Waals surface area contributed by atoms with Gasteiger partial charge >= 0.3 is 12.3 Å². The summed E-state index contributed by atoms with van der Waals surface area (Å²) in [7, 11) is 1.96. The molecule has 0 aliphatic carbocycles. The number of alkyl halides is 3. The quantitative estimate of drug-likeness (QED) is 0.616. The molecule has 1 aromatic heterocycles. The van der Waals surface area contributed by atoms with Crippen LogP contribution in [0.2, 0.25) is 0 Å². The van der Waals surface area contributed by atoms with Crippen LogP contribution in [0.15, 0.2) is 18.2 Å². The average molecular weight is 539 g/mol. The summed E-state index contributed by atoms with van der Waals surface area (Å²) in [5.41, 5.74) is -0.0605. The maximum Gasteiger partial charge on any atom is 0.435 e. The first-order valence-corrected chi connectivity index (χ1v) is 10.6. The van der Waals surface area contributed by atoms with Crippen LogP contribution in [0.3, 0.4) is 0 Å². The van der Waals surface area contributed by atoms with E-state index >= 15 is 0 Å². The zero-order valence-corrected chi connectivity index (χ0v) is 20.8. The summed E-state index contributed by atoms with van der Waals surface area (Å²) in [6.45, 7) is 5.11. The number of anilines is 2. The predicted molar refractivity (Wildman–Crippen MR) is 129 cm³/mol. The minimum absolute atomic E-state index is 0. The molecule has 2 aromatic rings. The van der Waals surface area contributed by atoms with Gasteiger partial charge in [0.1, 0.15) is 0 Å². The van der Waals surface area contributed by atoms with E-state index in [-0.39, 0.29) is 37.2 Å². The van der Waals surface area contributed by atoms with Crippen LogP contribution in [0.5, 0.6) is 0 Å². The fourth-order valence-corrected chi connectivity index (χ4v) is 4.00. The number of amides is 1. The van der Waals surface area contributed by atoms with Crippen LogP contribution in [0.1, 0.15) is 34.1 Å². The highest BCUT2D eigenvalue weighted by atomic mass is 35.5. The standard InChI is InChI=1S/C21H25F3N6O3.2ClH/c1-3-33-20(32)30-17-12-25-11-15(17)18(27-30)26-19(31)14-5-4-13(10-16(14)21(22,23)24)29-8-6-28(2)7-9-29;;/h4-5,10,25H,3,6-9,11-12H2,1-2H3,(H,26,27,31);2*1H. The topological polar surface area (TPSA) is 91.7 Å². The average Bonchev–Trinajstić information content (AvgIpc) is 3.37. The number of rotatable bonds is 4. The number of hydrogen-bond donors (Lipinski definition) is 2. The molecule has 194 valence electrons. The van der Waals surface area contributed by atoms with Crippen molar-refractivity contribution < 1.29 is 27.5 Å². The summed E-state index contributed by atoms with van der Waals surface area (Å²) in [6, 6.07) is 3.73. The highest BCUT2D eigenvalue weighted by molar-refractivity contribution is 6.05. The minimum Gasteiger partial charge on any atom is -0.448 e. The number of hydrogen-bond acceptors (Lipinski definition) is 7. The van der Waals surface area contributed by atoms with Gasteiger partial charge in [-0.3, -0.25) is 4.79 Å². The molecule has 35 heavy (non-hydrogen) atoms. The molecule has 0 bridgehead atoms. The maximum atomic E-state index is 13.9. The molecule has 14 heteroatoms. The lowest BCUT2D eigenvalue weighted by molar-refractivity contribution is -0.137. The monoisotopic (exact) mass is 538 g/mol. The number of fused-ring (bicyclic) bond motifs is 1. The summed E-state index contributed by atoms with van der Waals surface area (Å²) in [5.74, 6) is -0.917. The first-order chi connectivity index (χ1) is 15.7. The lowest BCUT2D eigenvalue weighted by Gasteiger charge is -2.34. The van der Waals surface area contributed by atoms with E-state index in [1.165, 1.54) is 12.1 Å². The maximum absolute atomic E-state index is 13.9. The van der Waals surface area contributed by atoms with E-state index in [1.54, 1.807) is 6.92 Å². The molecule has 0 unspecified atom stereocenters. The molecular formula is C21H27Cl2F3N6O3. The molecule has 4 rings (SSSR count). The zero-order chi connectivity index (χ0) is 23.8. The van der Waals surface area contributed by atoms with E-state index in [9.17, 15) is 22.8 Å². The van der Waals surface area contributed by atoms with Crippen molar-refractivity contribution in [3.63, 3.8) is 0 Å². The molecular weight excluding hydrogens is 512 g/mol. The summed E-state index contributed by atoms with van der Waals surface area (Å²) in [5, 5.41) is 9.57. The Balaban J connectivity index is 0.00000216. The second-order valence-electron chi connectivity index (χ2n) is 7.96. The van der Waals surface area contributed by atoms with E-state index in [0.717, 1.165) is 23.8 Å². The Morgan fingerprint density at radius 3 is 2.46 bits per heavy atom. The van der Waals surface area contributed by atoms with Crippen molar-refractivity contribution in [3.8, 4) is 0 Å². The van der Waals surface area contributed by atoms with Gasteiger partial charge in [0.05, 0.1) is 23.4 Å². The summed E-state index contributed by atoms with van der Waals surface area (Å²) >= 11 is 0. The van der Waals surface area contributed by atoms with Crippen LogP contribution in [0.25, 0.3) is 0 Å². The van der Waals surface area contributed by atoms with Gasteiger partial charge in [0.15, 0.2) is 5.82 Å². The molecule has 0 saturated carbocycles. The van der Waals surface area contributed by atoms with Crippen molar-refractivity contribution in [1.29, 1.82) is 0 Å². The third-order valence-corrected chi connectivity index (χ3v) is 5.78. The number of carbonyl (C=O) groups is 2. The SMILES string of the molecule is CCOC(=O)n1nc(NC(=O)c2ccc(N3CCN(C)CC3)cc2C(F)(F)F)c2c1CNC2.Cl.Cl. The zero-order valence-electron chi connectivity index (χ0n) is 19.1. The molecule has 0 spiro atoms. The van der Waals surface area contributed by atoms with Gasteiger partial charge in [0, 0.05) is 50.5 Å². The summed E-state index contributed by atoms with van der Waals surface area (Å²) in [6.07, 6.45) is -5.44. The van der Waals surface area contributed by atoms with Crippen LogP contribution in [0.4, 0.5) is 29.5 Å². The molecule has 2 aliphatic heterocycles. The van der Waals surface area contributed by atoms with E-state index < -0.39 is 29.3 Å². The minimum atomic E-state index is -4.72. The van der Waals surface area contributed by atoms with Crippen molar-refractivity contribution in [3.05, 3.63) is 40.6 Å². The van der Waals surface area contributed by atoms with Crippen LogP contribution in [-0.2, 0) is 24.0 Å². The van der Waals surface area contributed by atoms with E-state index in [0.29, 0.717) is 43.1 Å². The van der Waals surface area contributed by atoms with Gasteiger partial charge in [-0.05, 0) is 32.2 Å². The van der Waals surface area contributed by atoms with E-state index in [1.807, 2.05) is 11.9 Å². The van der Waals surface area contributed by atoms with Crippen LogP contribution < -0.4 is 15.5 Å². The molecule has 1 amide bonds. The van der Waals surface area contributed by atoms with Gasteiger partial charge in [0.25, 0.3) is 5.91 Å². The van der Waals surface area contributed by atoms with Gasteiger partial charge < -0.3 is 25.2 Å². The predicted octanol–water partition coefficient (Wildman–Crippen LogP) is 3.36. The van der Waals surface area contributed by atoms with Crippen molar-refractivity contribution in [1.82, 2.24) is 20.0 Å². The normalized spacial score (nSPS) is 15.6. The molecule has 1 fully saturated rings. The Hall–Kier alpha value is -2.54. The second kappa shape index (κ2) is 11.5. The first kappa shape index (κ1) is 28.7. The number of likely N-dealkylation sites (N-methyl/N-ethyl adjacent to an activating group) is 1. The lowest BCUT2D eigenvalue weighted by Crippen LogP contribution is -2.44. The van der Waals surface area contributed by atoms with Gasteiger partial charge in [-0.25, -0.2) is 4.79 Å². The smallest absolute Gasteiger partial charge is 0.435 e. The molecule has 1 aromatic carbocycles. The van der Waals surface area contributed by atoms with Crippen molar-refractivity contribution >= 4 is 48.3 Å². The molecule has 2 N–H and O–H groups in total. The fraction of sp³-hybridized carbons (Fsp3) is 0.476. The third kappa shape index (κ3) is 6.00. The molecule has 0 atom stereocenters. The first-order valence-electron chi connectivity index (χ1n) is 10.6. The Morgan fingerprint density at radius 1 is 1.14 bits per heavy atom. The molecule has 3 heterocycles. The van der Waals surface area contributed by atoms with Gasteiger partial charge in [-0.2, -0.15) is 17.9 Å². The summed E-state index contributed by atoms with van der Waals surface area (Å²) in [4.78, 5) is 29.0. The summed E-state index contributed by atoms with van der Waals surface area (Å²) < 4.78 is 47.6. The highest BCUT2D eigenvalue weighted by Crippen LogP contribution is 2.35. The van der Waals surface area contributed by atoms with Crippen molar-refractivity contribution in [2.45, 2.75) is 26.2 Å². The molecule has 9 nitrogen and oxygen atoms in total. The number of nitrogens with zero attached hydrogens (tertiary/aromatic N) is 4. The highest BCUT2D eigenvalue weighted by Gasteiger charge is 2.37. The number of piperazine rings is 1. The van der Waals surface area contributed by atoms with Crippen molar-refractivity contribution in [2.75, 3.05) is 50.1 Å². The Kier molecular flexibility index (Phi) is 9.40. The molecule has 1 saturated heterocycles. The van der Waals surface area contributed by atoms with Crippen molar-refractivity contribution in [2.24, 2.45) is 0 Å². The third-order valence-electron chi connectivity index (χ3n) is 5.78. The number of carbonyl (C=O) groups excluding carboxylic acids is 2. The number of aromatic nitrogens is 2. The Labute approximate surface area is 212 Å². The van der Waals surface area contributed by atoms with E-state index in [4.69, 9.17) is 4.74 Å². The molecule has 0 radical (unpaired) electrons. The number of halogens is 5. The number of ether oxygens (including phenoxy) is 1. The number of nitrogens with one attached hydrogen (secondary N) is 2. The Bertz CT molecular complexity index is 1070. The van der Waals surface area contributed by atoms with Gasteiger partial charge in [0.2, 0.25) is 0 Å².